The number of aryl methyl sites for hydroxylation is 1. The summed E-state index contributed by atoms with van der Waals surface area (Å²) in [5.41, 5.74) is 5.72. The zero-order valence-corrected chi connectivity index (χ0v) is 18.0. The zero-order valence-electron chi connectivity index (χ0n) is 17.2. The van der Waals surface area contributed by atoms with Gasteiger partial charge in [0.1, 0.15) is 0 Å². The average molecular weight is 401 g/mol. The number of likely N-dealkylation sites (N-methyl/N-ethyl adjacent to an activating group) is 1. The molecule has 3 aromatic carbocycles. The van der Waals surface area contributed by atoms with Crippen molar-refractivity contribution < 1.29 is 0 Å². The third kappa shape index (κ3) is 3.70. The molecular formula is C26H28N2S. The monoisotopic (exact) mass is 400 g/mol. The number of nitrogens with zero attached hydrogens (tertiary/aromatic N) is 2. The van der Waals surface area contributed by atoms with Gasteiger partial charge >= 0.3 is 0 Å². The van der Waals surface area contributed by atoms with Gasteiger partial charge in [-0.15, -0.1) is 0 Å². The first kappa shape index (κ1) is 18.8. The van der Waals surface area contributed by atoms with Crippen molar-refractivity contribution in [1.29, 1.82) is 0 Å². The van der Waals surface area contributed by atoms with Gasteiger partial charge in [-0.25, -0.2) is 0 Å². The van der Waals surface area contributed by atoms with Crippen LogP contribution in [0.3, 0.4) is 0 Å². The van der Waals surface area contributed by atoms with Crippen LogP contribution in [-0.4, -0.2) is 31.1 Å². The number of benzene rings is 3. The second kappa shape index (κ2) is 7.89. The van der Waals surface area contributed by atoms with Crippen molar-refractivity contribution in [2.75, 3.05) is 25.0 Å². The summed E-state index contributed by atoms with van der Waals surface area (Å²) < 4.78 is 0. The molecule has 0 amide bonds. The Morgan fingerprint density at radius 2 is 1.72 bits per heavy atom. The summed E-state index contributed by atoms with van der Waals surface area (Å²) in [4.78, 5) is 7.91. The minimum atomic E-state index is 0.603. The quantitative estimate of drug-likeness (QED) is 0.534. The van der Waals surface area contributed by atoms with Crippen molar-refractivity contribution in [3.63, 3.8) is 0 Å². The van der Waals surface area contributed by atoms with Crippen molar-refractivity contribution >= 4 is 17.4 Å². The molecule has 0 bridgehead atoms. The largest absolute Gasteiger partial charge is 0.370 e. The van der Waals surface area contributed by atoms with Crippen LogP contribution in [0.4, 0.5) is 5.69 Å². The van der Waals surface area contributed by atoms with Gasteiger partial charge in [0, 0.05) is 48.4 Å². The number of fused-ring (bicyclic) bond motifs is 3. The van der Waals surface area contributed by atoms with Crippen molar-refractivity contribution in [2.24, 2.45) is 0 Å². The van der Waals surface area contributed by atoms with Crippen molar-refractivity contribution in [1.82, 2.24) is 4.90 Å². The van der Waals surface area contributed by atoms with Crippen molar-refractivity contribution in [3.05, 3.63) is 89.5 Å². The van der Waals surface area contributed by atoms with E-state index in [1.54, 1.807) is 0 Å². The maximum atomic E-state index is 2.64. The van der Waals surface area contributed by atoms with Gasteiger partial charge in [-0.2, -0.15) is 0 Å². The molecule has 0 aromatic heterocycles. The van der Waals surface area contributed by atoms with Gasteiger partial charge in [-0.1, -0.05) is 71.9 Å². The molecule has 2 aliphatic heterocycles. The Hall–Kier alpha value is -2.23. The van der Waals surface area contributed by atoms with E-state index in [1.165, 1.54) is 45.1 Å². The predicted molar refractivity (Wildman–Crippen MR) is 123 cm³/mol. The van der Waals surface area contributed by atoms with Crippen LogP contribution in [0.25, 0.3) is 0 Å². The lowest BCUT2D eigenvalue weighted by molar-refractivity contribution is 0.188. The molecule has 2 atom stereocenters. The van der Waals surface area contributed by atoms with Crippen molar-refractivity contribution in [3.8, 4) is 0 Å². The molecule has 3 aromatic rings. The van der Waals surface area contributed by atoms with E-state index in [2.05, 4.69) is 96.6 Å². The summed E-state index contributed by atoms with van der Waals surface area (Å²) in [6, 6.07) is 27.3. The van der Waals surface area contributed by atoms with E-state index in [9.17, 15) is 0 Å². The van der Waals surface area contributed by atoms with E-state index in [1.807, 2.05) is 11.8 Å². The van der Waals surface area contributed by atoms with Crippen LogP contribution < -0.4 is 4.90 Å². The van der Waals surface area contributed by atoms with Crippen LogP contribution in [0.15, 0.2) is 82.6 Å². The van der Waals surface area contributed by atoms with Crippen molar-refractivity contribution in [2.45, 2.75) is 41.6 Å². The fourth-order valence-electron chi connectivity index (χ4n) is 4.96. The SMILES string of the molecule is Cc1ccc(Sc2cccc3c2N(C)[C@@H]2CCN(Cc4ccccc4)C[C@@H]32)cc1. The Labute approximate surface area is 178 Å². The highest BCUT2D eigenvalue weighted by Gasteiger charge is 2.41. The number of piperidine rings is 1. The normalized spacial score (nSPS) is 21.1. The highest BCUT2D eigenvalue weighted by Crippen LogP contribution is 2.49. The Morgan fingerprint density at radius 1 is 0.931 bits per heavy atom. The number of anilines is 1. The topological polar surface area (TPSA) is 6.48 Å². The highest BCUT2D eigenvalue weighted by atomic mass is 32.2. The fraction of sp³-hybridized carbons (Fsp3) is 0.308. The second-order valence-electron chi connectivity index (χ2n) is 8.40. The van der Waals surface area contributed by atoms with Crippen LogP contribution in [0, 0.1) is 6.92 Å². The summed E-state index contributed by atoms with van der Waals surface area (Å²) in [5, 5.41) is 0. The molecule has 0 N–H and O–H groups in total. The molecule has 5 rings (SSSR count). The van der Waals surface area contributed by atoms with Gasteiger partial charge < -0.3 is 4.90 Å². The Bertz CT molecular complexity index is 983. The first-order valence-electron chi connectivity index (χ1n) is 10.6. The first-order valence-corrected chi connectivity index (χ1v) is 11.4. The molecule has 0 unspecified atom stereocenters. The number of para-hydroxylation sites is 1. The average Bonchev–Trinajstić information content (AvgIpc) is 3.03. The molecule has 1 fully saturated rings. The number of hydrogen-bond donors (Lipinski definition) is 0. The Morgan fingerprint density at radius 3 is 2.52 bits per heavy atom. The van der Waals surface area contributed by atoms with E-state index in [0.717, 1.165) is 13.1 Å². The lowest BCUT2D eigenvalue weighted by Crippen LogP contribution is -2.44. The predicted octanol–water partition coefficient (Wildman–Crippen LogP) is 5.95. The Balaban J connectivity index is 1.40. The van der Waals surface area contributed by atoms with E-state index >= 15 is 0 Å². The van der Waals surface area contributed by atoms with Crippen LogP contribution in [0.5, 0.6) is 0 Å². The van der Waals surface area contributed by atoms with Gasteiger partial charge in [-0.05, 0) is 42.7 Å². The smallest absolute Gasteiger partial charge is 0.0544 e. The third-order valence-electron chi connectivity index (χ3n) is 6.44. The summed E-state index contributed by atoms with van der Waals surface area (Å²) in [6.45, 7) is 5.53. The molecule has 148 valence electrons. The molecular weight excluding hydrogens is 372 g/mol. The molecule has 29 heavy (non-hydrogen) atoms. The molecule has 3 heteroatoms. The summed E-state index contributed by atoms with van der Waals surface area (Å²) in [7, 11) is 2.30. The van der Waals surface area contributed by atoms with Gasteiger partial charge in [0.25, 0.3) is 0 Å². The summed E-state index contributed by atoms with van der Waals surface area (Å²) in [5.74, 6) is 0.603. The van der Waals surface area contributed by atoms with Gasteiger partial charge in [0.05, 0.1) is 5.69 Å². The molecule has 0 radical (unpaired) electrons. The van der Waals surface area contributed by atoms with E-state index < -0.39 is 0 Å². The molecule has 1 saturated heterocycles. The molecule has 2 heterocycles. The molecule has 0 aliphatic carbocycles. The fourth-order valence-corrected chi connectivity index (χ4v) is 5.99. The minimum absolute atomic E-state index is 0.603. The van der Waals surface area contributed by atoms with Gasteiger partial charge in [-0.3, -0.25) is 4.90 Å². The first-order chi connectivity index (χ1) is 14.2. The molecule has 0 spiro atoms. The number of likely N-dealkylation sites (tertiary alicyclic amines) is 1. The molecule has 0 saturated carbocycles. The summed E-state index contributed by atoms with van der Waals surface area (Å²) >= 11 is 1.90. The lowest BCUT2D eigenvalue weighted by atomic mass is 9.89. The van der Waals surface area contributed by atoms with Gasteiger partial charge in [0.15, 0.2) is 0 Å². The number of rotatable bonds is 4. The van der Waals surface area contributed by atoms with Gasteiger partial charge in [0.2, 0.25) is 0 Å². The molecule has 2 nitrogen and oxygen atoms in total. The van der Waals surface area contributed by atoms with E-state index in [0.29, 0.717) is 12.0 Å². The second-order valence-corrected chi connectivity index (χ2v) is 9.52. The maximum absolute atomic E-state index is 2.64. The lowest BCUT2D eigenvalue weighted by Gasteiger charge is -2.37. The Kier molecular flexibility index (Phi) is 5.11. The highest BCUT2D eigenvalue weighted by molar-refractivity contribution is 7.99. The van der Waals surface area contributed by atoms with Crippen LogP contribution in [-0.2, 0) is 6.54 Å². The summed E-state index contributed by atoms with van der Waals surface area (Å²) in [6.07, 6.45) is 1.23. The van der Waals surface area contributed by atoms with Crippen LogP contribution >= 0.6 is 11.8 Å². The minimum Gasteiger partial charge on any atom is -0.370 e. The van der Waals surface area contributed by atoms with E-state index in [-0.39, 0.29) is 0 Å². The van der Waals surface area contributed by atoms with Crippen LogP contribution in [0.2, 0.25) is 0 Å². The third-order valence-corrected chi connectivity index (χ3v) is 7.50. The van der Waals surface area contributed by atoms with E-state index in [4.69, 9.17) is 0 Å². The standard InChI is InChI=1S/C26H28N2S/c1-19-11-13-21(14-12-19)29-25-10-6-9-22-23-18-28(17-20-7-4-3-5-8-20)16-15-24(23)27(2)26(22)25/h3-14,23-24H,15-18H2,1-2H3/t23-,24+/m0/s1. The molecule has 2 aliphatic rings. The number of hydrogen-bond acceptors (Lipinski definition) is 3. The maximum Gasteiger partial charge on any atom is 0.0544 e. The zero-order chi connectivity index (χ0) is 19.8. The van der Waals surface area contributed by atoms with Crippen LogP contribution in [0.1, 0.15) is 29.0 Å².